The number of hydrogen-bond donors (Lipinski definition) is 1. The van der Waals surface area contributed by atoms with Crippen molar-refractivity contribution in [3.05, 3.63) is 41.2 Å². The van der Waals surface area contributed by atoms with Crippen LogP contribution in [-0.4, -0.2) is 30.0 Å². The Morgan fingerprint density at radius 3 is 2.74 bits per heavy atom. The third kappa shape index (κ3) is 2.08. The van der Waals surface area contributed by atoms with Gasteiger partial charge in [0.2, 0.25) is 5.82 Å². The average molecular weight is 272 g/mol. The number of nitrogens with zero attached hydrogens (tertiary/aromatic N) is 5. The van der Waals surface area contributed by atoms with E-state index < -0.39 is 0 Å². The molecule has 0 atom stereocenters. The lowest BCUT2D eigenvalue weighted by atomic mass is 10.3. The summed E-state index contributed by atoms with van der Waals surface area (Å²) in [4.78, 5) is 1.53. The molecule has 2 heterocycles. The third-order valence-corrected chi connectivity index (χ3v) is 3.16. The lowest BCUT2D eigenvalue weighted by molar-refractivity contribution is 0.553. The van der Waals surface area contributed by atoms with E-state index in [1.165, 1.54) is 4.80 Å². The Labute approximate surface area is 114 Å². The van der Waals surface area contributed by atoms with Gasteiger partial charge in [-0.1, -0.05) is 30.4 Å². The molecule has 0 fully saturated rings. The quantitative estimate of drug-likeness (QED) is 0.742. The fourth-order valence-corrected chi connectivity index (χ4v) is 2.09. The minimum absolute atomic E-state index is 0.540. The Morgan fingerprint density at radius 1 is 1.26 bits per heavy atom. The Hall–Kier alpha value is -2.28. The molecule has 7 heteroatoms. The van der Waals surface area contributed by atoms with E-state index in [1.54, 1.807) is 6.20 Å². The number of aryl methyl sites for hydroxylation is 1. The van der Waals surface area contributed by atoms with Crippen molar-refractivity contribution in [3.8, 4) is 17.1 Å². The highest BCUT2D eigenvalue weighted by molar-refractivity contribution is 7.71. The van der Waals surface area contributed by atoms with Gasteiger partial charge in [-0.15, -0.1) is 10.2 Å². The van der Waals surface area contributed by atoms with Crippen molar-refractivity contribution in [1.29, 1.82) is 0 Å². The molecule has 3 rings (SSSR count). The molecule has 0 unspecified atom stereocenters. The first-order chi connectivity index (χ1) is 9.29. The first kappa shape index (κ1) is 11.8. The zero-order chi connectivity index (χ0) is 13.2. The molecule has 0 saturated carbocycles. The summed E-state index contributed by atoms with van der Waals surface area (Å²) in [5, 5.41) is 15.3. The van der Waals surface area contributed by atoms with Crippen LogP contribution in [0.3, 0.4) is 0 Å². The molecular formula is C12H12N6S. The summed E-state index contributed by atoms with van der Waals surface area (Å²) in [6.07, 6.45) is 1.80. The minimum Gasteiger partial charge on any atom is -0.299 e. The summed E-state index contributed by atoms with van der Waals surface area (Å²) in [5.41, 5.74) is 1.75. The topological polar surface area (TPSA) is 64.3 Å². The first-order valence-corrected chi connectivity index (χ1v) is 6.34. The summed E-state index contributed by atoms with van der Waals surface area (Å²) in [7, 11) is 0. The van der Waals surface area contributed by atoms with Crippen molar-refractivity contribution in [2.24, 2.45) is 0 Å². The maximum Gasteiger partial charge on any atom is 0.209 e. The second-order valence-corrected chi connectivity index (χ2v) is 4.35. The van der Waals surface area contributed by atoms with Gasteiger partial charge < -0.3 is 0 Å². The largest absolute Gasteiger partial charge is 0.299 e. The molecule has 0 aliphatic rings. The van der Waals surface area contributed by atoms with Gasteiger partial charge in [0, 0.05) is 6.20 Å². The lowest BCUT2D eigenvalue weighted by Crippen LogP contribution is -1.98. The third-order valence-electron chi connectivity index (χ3n) is 2.76. The van der Waals surface area contributed by atoms with Crippen LogP contribution in [0.25, 0.3) is 17.1 Å². The van der Waals surface area contributed by atoms with Gasteiger partial charge in [-0.3, -0.25) is 5.10 Å². The molecule has 96 valence electrons. The van der Waals surface area contributed by atoms with Crippen LogP contribution in [0.1, 0.15) is 6.92 Å². The van der Waals surface area contributed by atoms with Crippen LogP contribution in [0.15, 0.2) is 36.5 Å². The van der Waals surface area contributed by atoms with Crippen LogP contribution in [0.4, 0.5) is 0 Å². The Balaban J connectivity index is 2.06. The van der Waals surface area contributed by atoms with E-state index in [2.05, 4.69) is 20.5 Å². The molecule has 0 bridgehead atoms. The molecule has 0 saturated heterocycles. The zero-order valence-corrected chi connectivity index (χ0v) is 11.1. The minimum atomic E-state index is 0.540. The van der Waals surface area contributed by atoms with E-state index in [0.29, 0.717) is 17.0 Å². The Kier molecular flexibility index (Phi) is 2.96. The standard InChI is InChI=1S/C12H12N6S/c1-2-17-15-11(14-16-17)10-8-13-18(12(10)19)9-6-4-3-5-7-9/h3-8,13H,2H2,1H3. The van der Waals surface area contributed by atoms with Gasteiger partial charge in [0.25, 0.3) is 0 Å². The van der Waals surface area contributed by atoms with Gasteiger partial charge in [0.05, 0.1) is 17.8 Å². The number of tetrazole rings is 1. The van der Waals surface area contributed by atoms with Crippen LogP contribution in [0.2, 0.25) is 0 Å². The second kappa shape index (κ2) is 4.77. The van der Waals surface area contributed by atoms with Crippen LogP contribution in [0, 0.1) is 4.64 Å². The molecular weight excluding hydrogens is 260 g/mol. The second-order valence-electron chi connectivity index (χ2n) is 3.96. The van der Waals surface area contributed by atoms with E-state index >= 15 is 0 Å². The molecule has 0 amide bonds. The van der Waals surface area contributed by atoms with Crippen molar-refractivity contribution >= 4 is 12.2 Å². The molecule has 1 aromatic carbocycles. The van der Waals surface area contributed by atoms with E-state index in [4.69, 9.17) is 12.2 Å². The SMILES string of the molecule is CCn1nnc(-c2c[nH]n(-c3ccccc3)c2=S)n1. The van der Waals surface area contributed by atoms with Crippen molar-refractivity contribution in [2.75, 3.05) is 0 Å². The average Bonchev–Trinajstić information content (AvgIpc) is 3.06. The van der Waals surface area contributed by atoms with E-state index in [-0.39, 0.29) is 0 Å². The van der Waals surface area contributed by atoms with Gasteiger partial charge in [-0.25, -0.2) is 4.68 Å². The molecule has 2 aromatic heterocycles. The first-order valence-electron chi connectivity index (χ1n) is 5.93. The molecule has 6 nitrogen and oxygen atoms in total. The lowest BCUT2D eigenvalue weighted by Gasteiger charge is -2.00. The van der Waals surface area contributed by atoms with Gasteiger partial charge in [-0.05, 0) is 24.3 Å². The molecule has 0 aliphatic heterocycles. The summed E-state index contributed by atoms with van der Waals surface area (Å²) in [6, 6.07) is 9.84. The summed E-state index contributed by atoms with van der Waals surface area (Å²) < 4.78 is 2.46. The maximum absolute atomic E-state index is 5.45. The summed E-state index contributed by atoms with van der Waals surface area (Å²) in [5.74, 6) is 0.540. The normalized spacial score (nSPS) is 10.8. The summed E-state index contributed by atoms with van der Waals surface area (Å²) in [6.45, 7) is 2.64. The highest BCUT2D eigenvalue weighted by Crippen LogP contribution is 2.18. The smallest absolute Gasteiger partial charge is 0.209 e. The number of benzene rings is 1. The molecule has 0 aliphatic carbocycles. The van der Waals surface area contributed by atoms with Gasteiger partial charge in [0.1, 0.15) is 4.64 Å². The molecule has 3 aromatic rings. The van der Waals surface area contributed by atoms with Crippen molar-refractivity contribution in [2.45, 2.75) is 13.5 Å². The van der Waals surface area contributed by atoms with Gasteiger partial charge in [-0.2, -0.15) is 4.80 Å². The van der Waals surface area contributed by atoms with Crippen molar-refractivity contribution in [3.63, 3.8) is 0 Å². The molecule has 0 radical (unpaired) electrons. The fraction of sp³-hybridized carbons (Fsp3) is 0.167. The molecule has 1 N–H and O–H groups in total. The predicted molar refractivity (Wildman–Crippen MR) is 73.4 cm³/mol. The highest BCUT2D eigenvalue weighted by Gasteiger charge is 2.11. The van der Waals surface area contributed by atoms with Crippen LogP contribution < -0.4 is 0 Å². The number of para-hydroxylation sites is 1. The number of nitrogens with one attached hydrogen (secondary N) is 1. The Morgan fingerprint density at radius 2 is 2.05 bits per heavy atom. The summed E-state index contributed by atoms with van der Waals surface area (Å²) >= 11 is 5.45. The monoisotopic (exact) mass is 272 g/mol. The van der Waals surface area contributed by atoms with Gasteiger partial charge in [0.15, 0.2) is 0 Å². The van der Waals surface area contributed by atoms with E-state index in [1.807, 2.05) is 41.9 Å². The molecule has 0 spiro atoms. The fourth-order valence-electron chi connectivity index (χ4n) is 1.78. The number of rotatable bonds is 3. The van der Waals surface area contributed by atoms with E-state index in [0.717, 1.165) is 11.3 Å². The molecule has 19 heavy (non-hydrogen) atoms. The van der Waals surface area contributed by atoms with E-state index in [9.17, 15) is 0 Å². The van der Waals surface area contributed by atoms with Crippen LogP contribution in [-0.2, 0) is 6.54 Å². The number of hydrogen-bond acceptors (Lipinski definition) is 4. The predicted octanol–water partition coefficient (Wildman–Crippen LogP) is 2.21. The zero-order valence-electron chi connectivity index (χ0n) is 10.3. The number of aromatic amines is 1. The Bertz CT molecular complexity index is 739. The number of H-pyrrole nitrogens is 1. The van der Waals surface area contributed by atoms with Gasteiger partial charge >= 0.3 is 0 Å². The van der Waals surface area contributed by atoms with Crippen LogP contribution >= 0.6 is 12.2 Å². The maximum atomic E-state index is 5.45. The number of aromatic nitrogens is 6. The highest BCUT2D eigenvalue weighted by atomic mass is 32.1. The van der Waals surface area contributed by atoms with Crippen LogP contribution in [0.5, 0.6) is 0 Å². The van der Waals surface area contributed by atoms with Crippen molar-refractivity contribution in [1.82, 2.24) is 30.0 Å². The van der Waals surface area contributed by atoms with Crippen molar-refractivity contribution < 1.29 is 0 Å².